The Balaban J connectivity index is 1.68. The van der Waals surface area contributed by atoms with Gasteiger partial charge in [0, 0.05) is 42.4 Å². The van der Waals surface area contributed by atoms with Crippen LogP contribution in [0.5, 0.6) is 0 Å². The van der Waals surface area contributed by atoms with Crippen molar-refractivity contribution < 1.29 is 22.8 Å². The first-order valence-electron chi connectivity index (χ1n) is 11.1. The van der Waals surface area contributed by atoms with Gasteiger partial charge in [-0.15, -0.1) is 0 Å². The van der Waals surface area contributed by atoms with E-state index in [0.717, 1.165) is 5.56 Å². The summed E-state index contributed by atoms with van der Waals surface area (Å²) < 4.78 is 41.7. The third-order valence-corrected chi connectivity index (χ3v) is 6.75. The standard InChI is InChI=1S/C24H23F3N8O2S/c1-34-17-4-2-3-13-15(14(8-28)20(30)24(25,26)27)9-35(19(13)17)10-16(23(34)37)32-22(36)21(31)33-18(29)7-12-5-6-38-11-12/h2-6,8-9,11,16,28H,7,10,30H2,1H3,(H,32,36)(H3,29,31,33)/b20-14+,28-8?/t16-/m0/s1. The molecule has 0 fully saturated rings. The number of anilines is 1. The Bertz CT molecular complexity index is 1500. The largest absolute Gasteiger partial charge is 0.431 e. The molecule has 0 saturated carbocycles. The highest BCUT2D eigenvalue weighted by Crippen LogP contribution is 2.37. The number of nitrogens with two attached hydrogens (primary N) is 2. The number of hydrogen-bond acceptors (Lipinski definition) is 6. The Kier molecular flexibility index (Phi) is 7.09. The van der Waals surface area contributed by atoms with Crippen LogP contribution in [0, 0.1) is 10.8 Å². The predicted octanol–water partition coefficient (Wildman–Crippen LogP) is 2.62. The molecule has 198 valence electrons. The van der Waals surface area contributed by atoms with E-state index in [2.05, 4.69) is 10.3 Å². The lowest BCUT2D eigenvalue weighted by Gasteiger charge is -2.22. The van der Waals surface area contributed by atoms with Gasteiger partial charge < -0.3 is 31.7 Å². The molecule has 10 nitrogen and oxygen atoms in total. The Morgan fingerprint density at radius 1 is 1.32 bits per heavy atom. The highest BCUT2D eigenvalue weighted by Gasteiger charge is 2.36. The van der Waals surface area contributed by atoms with Crippen LogP contribution in [-0.2, 0) is 22.6 Å². The first-order chi connectivity index (χ1) is 17.9. The molecule has 0 radical (unpaired) electrons. The highest BCUT2D eigenvalue weighted by molar-refractivity contribution is 7.08. The van der Waals surface area contributed by atoms with Crippen LogP contribution in [0.2, 0.25) is 0 Å². The molecule has 7 N–H and O–H groups in total. The van der Waals surface area contributed by atoms with Crippen molar-refractivity contribution >= 4 is 63.2 Å². The first-order valence-corrected chi connectivity index (χ1v) is 12.1. The molecule has 2 aromatic heterocycles. The third kappa shape index (κ3) is 5.02. The summed E-state index contributed by atoms with van der Waals surface area (Å²) in [5.41, 5.74) is 10.9. The number of hydrogen-bond donors (Lipinski definition) is 5. The monoisotopic (exact) mass is 544 g/mol. The predicted molar refractivity (Wildman–Crippen MR) is 141 cm³/mol. The quantitative estimate of drug-likeness (QED) is 0.246. The lowest BCUT2D eigenvalue weighted by atomic mass is 10.0. The van der Waals surface area contributed by atoms with Crippen molar-refractivity contribution in [3.63, 3.8) is 0 Å². The maximum atomic E-state index is 13.4. The smallest absolute Gasteiger partial charge is 0.394 e. The van der Waals surface area contributed by atoms with Crippen LogP contribution in [0.1, 0.15) is 11.1 Å². The zero-order valence-electron chi connectivity index (χ0n) is 20.0. The van der Waals surface area contributed by atoms with Gasteiger partial charge in [-0.05, 0) is 28.5 Å². The minimum absolute atomic E-state index is 0.0578. The van der Waals surface area contributed by atoms with E-state index in [0.29, 0.717) is 22.8 Å². The van der Waals surface area contributed by atoms with Gasteiger partial charge in [0.1, 0.15) is 17.6 Å². The zero-order valence-corrected chi connectivity index (χ0v) is 20.8. The van der Waals surface area contributed by atoms with Crippen molar-refractivity contribution in [2.45, 2.75) is 25.2 Å². The normalized spacial score (nSPS) is 16.7. The zero-order chi connectivity index (χ0) is 27.8. The maximum Gasteiger partial charge on any atom is 0.431 e. The lowest BCUT2D eigenvalue weighted by molar-refractivity contribution is -0.124. The number of carbonyl (C=O) groups is 2. The van der Waals surface area contributed by atoms with Gasteiger partial charge in [-0.25, -0.2) is 4.99 Å². The molecule has 2 amide bonds. The van der Waals surface area contributed by atoms with E-state index in [1.54, 1.807) is 18.2 Å². The van der Waals surface area contributed by atoms with Crippen molar-refractivity contribution in [2.75, 3.05) is 11.9 Å². The molecule has 1 aromatic carbocycles. The summed E-state index contributed by atoms with van der Waals surface area (Å²) >= 11 is 1.45. The summed E-state index contributed by atoms with van der Waals surface area (Å²) in [6.45, 7) is -0.140. The number of para-hydroxylation sites is 1. The van der Waals surface area contributed by atoms with Gasteiger partial charge in [-0.3, -0.25) is 15.0 Å². The van der Waals surface area contributed by atoms with Crippen LogP contribution >= 0.6 is 11.3 Å². The second-order valence-electron chi connectivity index (χ2n) is 8.51. The number of halogens is 3. The van der Waals surface area contributed by atoms with Crippen molar-refractivity contribution in [2.24, 2.45) is 16.5 Å². The molecule has 1 atom stereocenters. The van der Waals surface area contributed by atoms with Gasteiger partial charge in [-0.2, -0.15) is 24.5 Å². The fourth-order valence-corrected chi connectivity index (χ4v) is 4.88. The van der Waals surface area contributed by atoms with Gasteiger partial charge >= 0.3 is 6.18 Å². The molecule has 0 spiro atoms. The van der Waals surface area contributed by atoms with E-state index in [9.17, 15) is 22.8 Å². The number of amidine groups is 2. The molecule has 0 aliphatic carbocycles. The molecule has 1 aliphatic heterocycles. The summed E-state index contributed by atoms with van der Waals surface area (Å²) in [6, 6.07) is 5.42. The van der Waals surface area contributed by atoms with Crippen molar-refractivity contribution in [1.82, 2.24) is 9.88 Å². The van der Waals surface area contributed by atoms with Crippen LogP contribution in [-0.4, -0.2) is 53.5 Å². The van der Waals surface area contributed by atoms with Gasteiger partial charge in [0.25, 0.3) is 11.8 Å². The molecular weight excluding hydrogens is 521 g/mol. The number of allylic oxidation sites excluding steroid dienone is 2. The van der Waals surface area contributed by atoms with E-state index in [4.69, 9.17) is 22.3 Å². The number of thiophene rings is 1. The van der Waals surface area contributed by atoms with Crippen LogP contribution in [0.25, 0.3) is 16.5 Å². The molecule has 3 aromatic rings. The van der Waals surface area contributed by atoms with Crippen molar-refractivity contribution in [3.8, 4) is 0 Å². The van der Waals surface area contributed by atoms with Crippen molar-refractivity contribution in [3.05, 3.63) is 58.0 Å². The second kappa shape index (κ2) is 10.1. The fourth-order valence-electron chi connectivity index (χ4n) is 4.21. The molecule has 1 aliphatic rings. The second-order valence-corrected chi connectivity index (χ2v) is 9.29. The van der Waals surface area contributed by atoms with Gasteiger partial charge in [0.05, 0.1) is 17.7 Å². The summed E-state index contributed by atoms with van der Waals surface area (Å²) in [5, 5.41) is 22.1. The number of nitrogens with zero attached hydrogens (tertiary/aromatic N) is 3. The minimum Gasteiger partial charge on any atom is -0.394 e. The molecule has 0 bridgehead atoms. The average molecular weight is 545 g/mol. The van der Waals surface area contributed by atoms with E-state index >= 15 is 0 Å². The Morgan fingerprint density at radius 3 is 2.68 bits per heavy atom. The molecule has 38 heavy (non-hydrogen) atoms. The summed E-state index contributed by atoms with van der Waals surface area (Å²) in [4.78, 5) is 31.1. The summed E-state index contributed by atoms with van der Waals surface area (Å²) in [6.07, 6.45) is -2.78. The third-order valence-electron chi connectivity index (χ3n) is 6.02. The van der Waals surface area contributed by atoms with Crippen LogP contribution < -0.4 is 21.7 Å². The molecule has 4 rings (SSSR count). The Hall–Kier alpha value is -4.46. The first kappa shape index (κ1) is 26.6. The minimum atomic E-state index is -4.85. The molecule has 0 unspecified atom stereocenters. The van der Waals surface area contributed by atoms with Crippen molar-refractivity contribution in [1.29, 1.82) is 10.8 Å². The molecule has 14 heteroatoms. The number of benzene rings is 1. The number of amides is 2. The number of aromatic nitrogens is 1. The van der Waals surface area contributed by atoms with Crippen LogP contribution in [0.15, 0.2) is 51.9 Å². The maximum absolute atomic E-state index is 13.4. The number of nitrogens with one attached hydrogen (secondary N) is 3. The fraction of sp³-hybridized carbons (Fsp3) is 0.208. The van der Waals surface area contributed by atoms with Gasteiger partial charge in [-0.1, -0.05) is 12.1 Å². The van der Waals surface area contributed by atoms with E-state index in [1.165, 1.54) is 34.0 Å². The number of aliphatic imine (C=N–C) groups is 1. The van der Waals surface area contributed by atoms with E-state index in [-0.39, 0.29) is 24.4 Å². The van der Waals surface area contributed by atoms with Crippen LogP contribution in [0.3, 0.4) is 0 Å². The Morgan fingerprint density at radius 2 is 2.05 bits per heavy atom. The lowest BCUT2D eigenvalue weighted by Crippen LogP contribution is -2.51. The summed E-state index contributed by atoms with van der Waals surface area (Å²) in [7, 11) is 1.48. The SMILES string of the molecule is CN1C(=O)[C@@H](NC(=O)C(N)=NC(=N)Cc2ccsc2)Cn2cc(/C(C=N)=C(/N)C(F)(F)F)c3cccc1c32. The number of alkyl halides is 3. The number of likely N-dealkylation sites (N-methyl/N-ethyl adjacent to an activating group) is 1. The van der Waals surface area contributed by atoms with E-state index < -0.39 is 41.1 Å². The van der Waals surface area contributed by atoms with Gasteiger partial charge in [0.2, 0.25) is 0 Å². The Labute approximate surface area is 218 Å². The highest BCUT2D eigenvalue weighted by atomic mass is 32.1. The molecule has 3 heterocycles. The van der Waals surface area contributed by atoms with Gasteiger partial charge in [0.15, 0.2) is 5.84 Å². The van der Waals surface area contributed by atoms with E-state index in [1.807, 2.05) is 16.8 Å². The molecular formula is C24H23F3N8O2S. The average Bonchev–Trinajstić information content (AvgIpc) is 3.48. The topological polar surface area (TPSA) is 166 Å². The summed E-state index contributed by atoms with van der Waals surface area (Å²) in [5.74, 6) is -2.01. The number of rotatable bonds is 5. The van der Waals surface area contributed by atoms with Crippen LogP contribution in [0.4, 0.5) is 18.9 Å². The number of carbonyl (C=O) groups excluding carboxylic acids is 2. The molecule has 0 saturated heterocycles.